The molecule has 2 heterocycles. The van der Waals surface area contributed by atoms with Crippen molar-refractivity contribution >= 4 is 16.0 Å². The molecule has 0 saturated carbocycles. The summed E-state index contributed by atoms with van der Waals surface area (Å²) in [7, 11) is -3.92. The maximum Gasteiger partial charge on any atom is 0.352 e. The molecule has 1 aliphatic rings. The van der Waals surface area contributed by atoms with Gasteiger partial charge in [0.15, 0.2) is 0 Å². The highest BCUT2D eigenvalue weighted by Crippen LogP contribution is 2.23. The van der Waals surface area contributed by atoms with Gasteiger partial charge in [0.2, 0.25) is 10.0 Å². The molecule has 0 spiro atoms. The Morgan fingerprint density at radius 3 is 2.30 bits per heavy atom. The Balaban J connectivity index is 2.38. The van der Waals surface area contributed by atoms with Gasteiger partial charge in [-0.05, 0) is 13.0 Å². The van der Waals surface area contributed by atoms with Gasteiger partial charge in [-0.2, -0.15) is 4.31 Å². The number of aliphatic hydroxyl groups is 2. The van der Waals surface area contributed by atoms with Crippen molar-refractivity contribution in [3.8, 4) is 0 Å². The lowest BCUT2D eigenvalue weighted by Gasteiger charge is -2.13. The fraction of sp³-hybridized carbons (Fsp3) is 0.545. The summed E-state index contributed by atoms with van der Waals surface area (Å²) in [4.78, 5) is 10.9. The summed E-state index contributed by atoms with van der Waals surface area (Å²) < 4.78 is 26.9. The monoisotopic (exact) mass is 304 g/mol. The van der Waals surface area contributed by atoms with Crippen molar-refractivity contribution in [2.75, 3.05) is 13.1 Å². The summed E-state index contributed by atoms with van der Waals surface area (Å²) in [5.41, 5.74) is -0.119. The van der Waals surface area contributed by atoms with Crippen LogP contribution >= 0.6 is 0 Å². The number of hydrogen-bond donors (Lipinski definition) is 3. The van der Waals surface area contributed by atoms with E-state index in [9.17, 15) is 23.4 Å². The van der Waals surface area contributed by atoms with Gasteiger partial charge in [-0.3, -0.25) is 0 Å². The van der Waals surface area contributed by atoms with Gasteiger partial charge in [-0.15, -0.1) is 0 Å². The molecule has 20 heavy (non-hydrogen) atoms. The summed E-state index contributed by atoms with van der Waals surface area (Å²) in [6.45, 7) is 1.61. The molecule has 1 fully saturated rings. The first-order valence-corrected chi connectivity index (χ1v) is 7.51. The summed E-state index contributed by atoms with van der Waals surface area (Å²) in [5, 5.41) is 27.9. The van der Waals surface area contributed by atoms with E-state index in [1.165, 1.54) is 10.8 Å². The fourth-order valence-corrected chi connectivity index (χ4v) is 3.66. The van der Waals surface area contributed by atoms with Crippen LogP contribution in [0.4, 0.5) is 0 Å². The van der Waals surface area contributed by atoms with Crippen LogP contribution < -0.4 is 0 Å². The minimum atomic E-state index is -3.92. The average molecular weight is 304 g/mol. The normalized spacial score (nSPS) is 24.1. The van der Waals surface area contributed by atoms with Crippen LogP contribution in [0, 0.1) is 0 Å². The number of hydrogen-bond acceptors (Lipinski definition) is 5. The number of nitrogens with zero attached hydrogens (tertiary/aromatic N) is 2. The summed E-state index contributed by atoms with van der Waals surface area (Å²) in [5.74, 6) is -1.21. The van der Waals surface area contributed by atoms with E-state index >= 15 is 0 Å². The molecule has 2 unspecified atom stereocenters. The number of aliphatic hydroxyl groups excluding tert-OH is 2. The fourth-order valence-electron chi connectivity index (χ4n) is 2.15. The van der Waals surface area contributed by atoms with Crippen LogP contribution in [0.2, 0.25) is 0 Å². The van der Waals surface area contributed by atoms with Crippen molar-refractivity contribution in [1.29, 1.82) is 0 Å². The SMILES string of the molecule is CCn1cc(S(=O)(=O)N2CC(O)C(O)C2)cc1C(=O)O. The molecule has 0 amide bonds. The zero-order chi connectivity index (χ0) is 15.1. The largest absolute Gasteiger partial charge is 0.477 e. The van der Waals surface area contributed by atoms with Crippen LogP contribution in [0.3, 0.4) is 0 Å². The second-order valence-corrected chi connectivity index (χ2v) is 6.55. The number of β-amino-alcohol motifs (C(OH)–C–C–N with tert-alkyl or cyclic N) is 2. The number of carboxylic acid groups (broad SMARTS) is 1. The molecule has 1 saturated heterocycles. The number of aromatic nitrogens is 1. The molecule has 112 valence electrons. The first-order valence-electron chi connectivity index (χ1n) is 6.07. The molecule has 0 aromatic carbocycles. The van der Waals surface area contributed by atoms with Crippen molar-refractivity contribution < 1.29 is 28.5 Å². The predicted molar refractivity (Wildman–Crippen MR) is 67.8 cm³/mol. The van der Waals surface area contributed by atoms with E-state index in [-0.39, 0.29) is 23.7 Å². The Bertz CT molecular complexity index is 613. The van der Waals surface area contributed by atoms with E-state index in [1.807, 2.05) is 0 Å². The number of carboxylic acids is 1. The minimum absolute atomic E-state index is 0.119. The van der Waals surface area contributed by atoms with E-state index in [4.69, 9.17) is 5.11 Å². The van der Waals surface area contributed by atoms with Crippen LogP contribution in [-0.2, 0) is 16.6 Å². The highest BCUT2D eigenvalue weighted by molar-refractivity contribution is 7.89. The first-order chi connectivity index (χ1) is 9.27. The molecule has 1 aliphatic heterocycles. The maximum absolute atomic E-state index is 12.3. The summed E-state index contributed by atoms with van der Waals surface area (Å²) in [6.07, 6.45) is -1.01. The van der Waals surface area contributed by atoms with E-state index in [2.05, 4.69) is 0 Å². The quantitative estimate of drug-likeness (QED) is 0.651. The van der Waals surface area contributed by atoms with Crippen LogP contribution in [0.15, 0.2) is 17.2 Å². The zero-order valence-corrected chi connectivity index (χ0v) is 11.6. The summed E-state index contributed by atoms with van der Waals surface area (Å²) in [6, 6.07) is 1.08. The lowest BCUT2D eigenvalue weighted by molar-refractivity contribution is 0.0572. The lowest BCUT2D eigenvalue weighted by Crippen LogP contribution is -2.29. The Labute approximate surface area is 115 Å². The van der Waals surface area contributed by atoms with Gasteiger partial charge in [0, 0.05) is 25.8 Å². The van der Waals surface area contributed by atoms with E-state index in [0.717, 1.165) is 10.4 Å². The molecule has 1 aromatic heterocycles. The second kappa shape index (κ2) is 5.17. The molecule has 9 heteroatoms. The lowest BCUT2D eigenvalue weighted by atomic mass is 10.3. The van der Waals surface area contributed by atoms with Gasteiger partial charge in [0.05, 0.1) is 12.2 Å². The Morgan fingerprint density at radius 1 is 1.35 bits per heavy atom. The Morgan fingerprint density at radius 2 is 1.90 bits per heavy atom. The molecule has 0 radical (unpaired) electrons. The molecular weight excluding hydrogens is 288 g/mol. The van der Waals surface area contributed by atoms with Crippen LogP contribution in [-0.4, -0.2) is 63.9 Å². The molecule has 1 aromatic rings. The molecular formula is C11H16N2O6S. The first kappa shape index (κ1) is 15.0. The highest BCUT2D eigenvalue weighted by atomic mass is 32.2. The summed E-state index contributed by atoms with van der Waals surface area (Å²) >= 11 is 0. The number of aromatic carboxylic acids is 1. The van der Waals surface area contributed by atoms with Crippen molar-refractivity contribution in [1.82, 2.24) is 8.87 Å². The van der Waals surface area contributed by atoms with Gasteiger partial charge in [0.1, 0.15) is 10.6 Å². The molecule has 3 N–H and O–H groups in total. The predicted octanol–water partition coefficient (Wildman–Crippen LogP) is -1.07. The molecule has 8 nitrogen and oxygen atoms in total. The van der Waals surface area contributed by atoms with Crippen LogP contribution in [0.5, 0.6) is 0 Å². The third-order valence-corrected chi connectivity index (χ3v) is 5.09. The number of sulfonamides is 1. The van der Waals surface area contributed by atoms with Gasteiger partial charge >= 0.3 is 5.97 Å². The van der Waals surface area contributed by atoms with Gasteiger partial charge in [0.25, 0.3) is 0 Å². The van der Waals surface area contributed by atoms with Crippen molar-refractivity contribution in [2.45, 2.75) is 30.6 Å². The van der Waals surface area contributed by atoms with Gasteiger partial charge in [-0.25, -0.2) is 13.2 Å². The average Bonchev–Trinajstić information content (AvgIpc) is 2.94. The Kier molecular flexibility index (Phi) is 3.87. The topological polar surface area (TPSA) is 120 Å². The van der Waals surface area contributed by atoms with Crippen molar-refractivity contribution in [2.24, 2.45) is 0 Å². The van der Waals surface area contributed by atoms with Crippen LogP contribution in [0.1, 0.15) is 17.4 Å². The van der Waals surface area contributed by atoms with E-state index in [0.29, 0.717) is 6.54 Å². The van der Waals surface area contributed by atoms with Gasteiger partial charge in [-0.1, -0.05) is 0 Å². The smallest absolute Gasteiger partial charge is 0.352 e. The zero-order valence-electron chi connectivity index (χ0n) is 10.8. The third-order valence-electron chi connectivity index (χ3n) is 3.29. The highest BCUT2D eigenvalue weighted by Gasteiger charge is 2.38. The molecule has 2 rings (SSSR count). The standard InChI is InChI=1S/C11H16N2O6S/c1-2-12-4-7(3-8(12)11(16)17)20(18,19)13-5-9(14)10(15)6-13/h3-4,9-10,14-15H,2,5-6H2,1H3,(H,16,17). The van der Waals surface area contributed by atoms with Crippen molar-refractivity contribution in [3.05, 3.63) is 18.0 Å². The number of rotatable bonds is 4. The second-order valence-electron chi connectivity index (χ2n) is 4.61. The third kappa shape index (κ3) is 2.44. The van der Waals surface area contributed by atoms with E-state index in [1.54, 1.807) is 6.92 Å². The molecule has 2 atom stereocenters. The van der Waals surface area contributed by atoms with Crippen LogP contribution in [0.25, 0.3) is 0 Å². The van der Waals surface area contributed by atoms with Crippen molar-refractivity contribution in [3.63, 3.8) is 0 Å². The number of aryl methyl sites for hydroxylation is 1. The van der Waals surface area contributed by atoms with Gasteiger partial charge < -0.3 is 19.9 Å². The Hall–Kier alpha value is -1.42. The van der Waals surface area contributed by atoms with E-state index < -0.39 is 28.2 Å². The molecule has 0 aliphatic carbocycles. The molecule has 0 bridgehead atoms. The number of carbonyl (C=O) groups is 1. The minimum Gasteiger partial charge on any atom is -0.477 e. The maximum atomic E-state index is 12.3.